The van der Waals surface area contributed by atoms with Crippen molar-refractivity contribution in [2.75, 3.05) is 16.8 Å². The summed E-state index contributed by atoms with van der Waals surface area (Å²) >= 11 is 3.48. The van der Waals surface area contributed by atoms with Crippen LogP contribution in [0.15, 0.2) is 65.1 Å². The van der Waals surface area contributed by atoms with E-state index in [-0.39, 0.29) is 18.2 Å². The first-order chi connectivity index (χ1) is 14.0. The Hall–Kier alpha value is -2.93. The zero-order valence-corrected chi connectivity index (χ0v) is 17.6. The highest BCUT2D eigenvalue weighted by molar-refractivity contribution is 9.10. The molecule has 1 aliphatic heterocycles. The van der Waals surface area contributed by atoms with Gasteiger partial charge >= 0.3 is 0 Å². The maximum atomic E-state index is 12.9. The average molecular weight is 453 g/mol. The Kier molecular flexibility index (Phi) is 5.49. The van der Waals surface area contributed by atoms with Gasteiger partial charge in [0.15, 0.2) is 0 Å². The summed E-state index contributed by atoms with van der Waals surface area (Å²) in [6.45, 7) is 2.82. The first-order valence-electron chi connectivity index (χ1n) is 9.45. The number of nitrogens with one attached hydrogen (secondary N) is 1. The first kappa shape index (κ1) is 19.4. The normalized spacial score (nSPS) is 16.3. The van der Waals surface area contributed by atoms with Crippen LogP contribution in [0.3, 0.4) is 0 Å². The van der Waals surface area contributed by atoms with E-state index in [4.69, 9.17) is 0 Å². The van der Waals surface area contributed by atoms with Crippen molar-refractivity contribution in [2.24, 2.45) is 5.92 Å². The molecule has 0 bridgehead atoms. The number of carbonyl (C=O) groups is 2. The summed E-state index contributed by atoms with van der Waals surface area (Å²) in [5.74, 6) is 0.0197. The molecule has 0 radical (unpaired) electrons. The van der Waals surface area contributed by atoms with Crippen LogP contribution in [0.25, 0.3) is 0 Å². The van der Waals surface area contributed by atoms with Crippen LogP contribution in [0, 0.1) is 12.8 Å². The van der Waals surface area contributed by atoms with E-state index in [0.29, 0.717) is 18.9 Å². The quantitative estimate of drug-likeness (QED) is 0.635. The van der Waals surface area contributed by atoms with Gasteiger partial charge in [-0.3, -0.25) is 9.59 Å². The van der Waals surface area contributed by atoms with Gasteiger partial charge in [-0.15, -0.1) is 0 Å². The molecule has 1 fully saturated rings. The summed E-state index contributed by atoms with van der Waals surface area (Å²) in [7, 11) is 0. The Labute approximate surface area is 177 Å². The largest absolute Gasteiger partial charge is 0.311 e. The second kappa shape index (κ2) is 8.21. The smallest absolute Gasteiger partial charge is 0.230 e. The van der Waals surface area contributed by atoms with Crippen LogP contribution in [-0.2, 0) is 16.1 Å². The summed E-state index contributed by atoms with van der Waals surface area (Å²) in [6, 6.07) is 19.4. The third kappa shape index (κ3) is 4.24. The van der Waals surface area contributed by atoms with Gasteiger partial charge in [0.05, 0.1) is 23.8 Å². The van der Waals surface area contributed by atoms with Crippen molar-refractivity contribution in [1.82, 2.24) is 9.78 Å². The van der Waals surface area contributed by atoms with Crippen LogP contribution in [0.5, 0.6) is 0 Å². The van der Waals surface area contributed by atoms with E-state index in [1.807, 2.05) is 67.6 Å². The van der Waals surface area contributed by atoms with E-state index in [9.17, 15) is 9.59 Å². The van der Waals surface area contributed by atoms with Crippen molar-refractivity contribution in [3.05, 3.63) is 76.4 Å². The molecule has 1 aliphatic rings. The van der Waals surface area contributed by atoms with Crippen LogP contribution in [-0.4, -0.2) is 28.1 Å². The van der Waals surface area contributed by atoms with E-state index in [1.165, 1.54) is 0 Å². The van der Waals surface area contributed by atoms with E-state index in [1.54, 1.807) is 9.58 Å². The second-order valence-electron chi connectivity index (χ2n) is 7.16. The maximum Gasteiger partial charge on any atom is 0.230 e. The molecule has 1 aromatic heterocycles. The third-order valence-corrected chi connectivity index (χ3v) is 5.64. The number of halogens is 1. The average Bonchev–Trinajstić information content (AvgIpc) is 3.25. The number of hydrogen-bond donors (Lipinski definition) is 1. The fourth-order valence-corrected chi connectivity index (χ4v) is 4.04. The zero-order valence-electron chi connectivity index (χ0n) is 16.0. The molecule has 2 amide bonds. The predicted octanol–water partition coefficient (Wildman–Crippen LogP) is 3.99. The molecule has 1 N–H and O–H groups in total. The van der Waals surface area contributed by atoms with Crippen molar-refractivity contribution in [3.63, 3.8) is 0 Å². The Morgan fingerprint density at radius 2 is 1.90 bits per heavy atom. The molecule has 3 aromatic rings. The molecule has 29 heavy (non-hydrogen) atoms. The van der Waals surface area contributed by atoms with E-state index < -0.39 is 5.92 Å². The van der Waals surface area contributed by atoms with Crippen molar-refractivity contribution in [3.8, 4) is 0 Å². The van der Waals surface area contributed by atoms with E-state index in [2.05, 4.69) is 26.3 Å². The van der Waals surface area contributed by atoms with Gasteiger partial charge in [-0.25, -0.2) is 4.68 Å². The van der Waals surface area contributed by atoms with E-state index >= 15 is 0 Å². The minimum absolute atomic E-state index is 0.0500. The number of anilines is 2. The van der Waals surface area contributed by atoms with Crippen LogP contribution in [0.4, 0.5) is 11.5 Å². The van der Waals surface area contributed by atoms with E-state index in [0.717, 1.165) is 21.4 Å². The van der Waals surface area contributed by atoms with Gasteiger partial charge in [0.25, 0.3) is 0 Å². The van der Waals surface area contributed by atoms with Crippen LogP contribution in [0.1, 0.15) is 17.7 Å². The molecule has 1 atom stereocenters. The Morgan fingerprint density at radius 1 is 1.17 bits per heavy atom. The minimum atomic E-state index is -0.407. The number of para-hydroxylation sites is 1. The monoisotopic (exact) mass is 452 g/mol. The van der Waals surface area contributed by atoms with Crippen molar-refractivity contribution < 1.29 is 9.59 Å². The lowest BCUT2D eigenvalue weighted by Gasteiger charge is -2.18. The molecule has 0 saturated carbocycles. The number of carbonyl (C=O) groups excluding carboxylic acids is 2. The highest BCUT2D eigenvalue weighted by Crippen LogP contribution is 2.31. The van der Waals surface area contributed by atoms with Gasteiger partial charge in [-0.1, -0.05) is 42.5 Å². The Bertz CT molecular complexity index is 1050. The lowest BCUT2D eigenvalue weighted by molar-refractivity contribution is -0.122. The first-order valence-corrected chi connectivity index (χ1v) is 10.2. The van der Waals surface area contributed by atoms with Crippen molar-refractivity contribution in [1.29, 1.82) is 0 Å². The Balaban J connectivity index is 1.48. The fraction of sp³-hybridized carbons (Fsp3) is 0.227. The molecule has 1 saturated heterocycles. The predicted molar refractivity (Wildman–Crippen MR) is 116 cm³/mol. The molecule has 2 heterocycles. The molecule has 2 aromatic carbocycles. The molecular weight excluding hydrogens is 432 g/mol. The summed E-state index contributed by atoms with van der Waals surface area (Å²) < 4.78 is 2.62. The minimum Gasteiger partial charge on any atom is -0.311 e. The van der Waals surface area contributed by atoms with Gasteiger partial charge in [0.2, 0.25) is 11.8 Å². The highest BCUT2D eigenvalue weighted by Gasteiger charge is 2.36. The summed E-state index contributed by atoms with van der Waals surface area (Å²) in [5.41, 5.74) is 2.72. The number of nitrogens with zero attached hydrogens (tertiary/aromatic N) is 3. The highest BCUT2D eigenvalue weighted by atomic mass is 79.9. The molecule has 0 spiro atoms. The second-order valence-corrected chi connectivity index (χ2v) is 8.01. The third-order valence-electron chi connectivity index (χ3n) is 4.97. The number of benzene rings is 2. The number of aromatic nitrogens is 2. The van der Waals surface area contributed by atoms with Crippen LogP contribution < -0.4 is 10.2 Å². The number of rotatable bonds is 5. The van der Waals surface area contributed by atoms with Gasteiger partial charge in [-0.05, 0) is 40.5 Å². The van der Waals surface area contributed by atoms with Gasteiger partial charge < -0.3 is 10.2 Å². The van der Waals surface area contributed by atoms with Crippen LogP contribution >= 0.6 is 15.9 Å². The van der Waals surface area contributed by atoms with Crippen molar-refractivity contribution >= 4 is 39.2 Å². The molecule has 6 nitrogen and oxygen atoms in total. The summed E-state index contributed by atoms with van der Waals surface area (Å²) in [6.07, 6.45) is 0.193. The summed E-state index contributed by atoms with van der Waals surface area (Å²) in [5, 5.41) is 7.46. The summed E-state index contributed by atoms with van der Waals surface area (Å²) in [4.78, 5) is 27.1. The number of aryl methyl sites for hydroxylation is 1. The zero-order chi connectivity index (χ0) is 20.4. The molecule has 0 aliphatic carbocycles. The topological polar surface area (TPSA) is 67.2 Å². The molecule has 1 unspecified atom stereocenters. The van der Waals surface area contributed by atoms with Gasteiger partial charge in [0.1, 0.15) is 5.82 Å². The fourth-order valence-electron chi connectivity index (χ4n) is 3.54. The van der Waals surface area contributed by atoms with Gasteiger partial charge in [-0.2, -0.15) is 5.10 Å². The standard InChI is InChI=1S/C22H21BrN4O2/c1-15-11-20(27(25-15)13-16-7-3-2-4-8-16)24-22(29)17-12-21(28)26(14-17)19-10-6-5-9-18(19)23/h2-11,17H,12-14H2,1H3,(H,24,29). The van der Waals surface area contributed by atoms with Crippen LogP contribution in [0.2, 0.25) is 0 Å². The molecular formula is C22H21BrN4O2. The Morgan fingerprint density at radius 3 is 2.66 bits per heavy atom. The molecule has 4 rings (SSSR count). The lowest BCUT2D eigenvalue weighted by atomic mass is 10.1. The SMILES string of the molecule is Cc1cc(NC(=O)C2CC(=O)N(c3ccccc3Br)C2)n(Cc2ccccc2)n1. The lowest BCUT2D eigenvalue weighted by Crippen LogP contribution is -2.29. The maximum absolute atomic E-state index is 12.9. The number of hydrogen-bond acceptors (Lipinski definition) is 3. The molecule has 148 valence electrons. The van der Waals surface area contributed by atoms with Crippen molar-refractivity contribution in [2.45, 2.75) is 19.9 Å². The van der Waals surface area contributed by atoms with Gasteiger partial charge in [0, 0.05) is 23.5 Å². The molecule has 7 heteroatoms. The number of amides is 2.